The van der Waals surface area contributed by atoms with Gasteiger partial charge in [-0.25, -0.2) is 4.79 Å². The molecule has 0 spiro atoms. The van der Waals surface area contributed by atoms with E-state index in [-0.39, 0.29) is 11.1 Å². The van der Waals surface area contributed by atoms with Crippen LogP contribution in [0, 0.1) is 0 Å². The second-order valence-corrected chi connectivity index (χ2v) is 8.88. The van der Waals surface area contributed by atoms with Gasteiger partial charge in [0.25, 0.3) is 17.7 Å². The SMILES string of the molecule is CC1(C)[C@H](C(=O)O)N2C(=O)[C@@H](N3C(=O)c4ccccc4C3=O)[C@H]2[S@]1=O. The van der Waals surface area contributed by atoms with Gasteiger partial charge in [0.1, 0.15) is 11.4 Å². The Morgan fingerprint density at radius 1 is 1.12 bits per heavy atom. The molecule has 2 saturated heterocycles. The number of β-lactam (4-membered cyclic amide) rings is 1. The molecule has 25 heavy (non-hydrogen) atoms. The first-order chi connectivity index (χ1) is 11.7. The van der Waals surface area contributed by atoms with Crippen LogP contribution in [-0.2, 0) is 20.4 Å². The van der Waals surface area contributed by atoms with Gasteiger partial charge in [-0.1, -0.05) is 12.1 Å². The summed E-state index contributed by atoms with van der Waals surface area (Å²) in [6.45, 7) is 3.01. The summed E-state index contributed by atoms with van der Waals surface area (Å²) in [4.78, 5) is 51.2. The Hall–Kier alpha value is -2.55. The standard InChI is InChI=1S/C16H14N2O6S/c1-16(2)10(15(22)23)18-13(21)9(14(18)25(16)24)17-11(19)7-5-3-4-6-8(7)12(17)20/h3-6,9-10,14H,1-2H3,(H,22,23)/t9-,10+,14-,25-/m1/s1. The Morgan fingerprint density at radius 3 is 2.12 bits per heavy atom. The molecule has 3 amide bonds. The monoisotopic (exact) mass is 362 g/mol. The van der Waals surface area contributed by atoms with E-state index in [9.17, 15) is 28.5 Å². The minimum atomic E-state index is -1.74. The van der Waals surface area contributed by atoms with Crippen molar-refractivity contribution in [1.82, 2.24) is 9.80 Å². The maximum absolute atomic E-state index is 12.8. The molecule has 1 aromatic carbocycles. The van der Waals surface area contributed by atoms with Gasteiger partial charge in [-0.15, -0.1) is 0 Å². The number of amides is 3. The molecular weight excluding hydrogens is 348 g/mol. The number of rotatable bonds is 2. The molecule has 8 nitrogen and oxygen atoms in total. The molecule has 0 aromatic heterocycles. The van der Waals surface area contributed by atoms with Crippen LogP contribution in [0.5, 0.6) is 0 Å². The van der Waals surface area contributed by atoms with E-state index in [0.29, 0.717) is 0 Å². The molecule has 3 heterocycles. The molecule has 0 radical (unpaired) electrons. The van der Waals surface area contributed by atoms with Gasteiger partial charge in [0.05, 0.1) is 26.7 Å². The van der Waals surface area contributed by atoms with E-state index in [1.165, 1.54) is 26.0 Å². The lowest BCUT2D eigenvalue weighted by atomic mass is 9.95. The number of imide groups is 1. The summed E-state index contributed by atoms with van der Waals surface area (Å²) in [6, 6.07) is 3.73. The average molecular weight is 362 g/mol. The quantitative estimate of drug-likeness (QED) is 0.577. The number of carboxylic acid groups (broad SMARTS) is 1. The summed E-state index contributed by atoms with van der Waals surface area (Å²) in [5.41, 5.74) is 0.383. The normalized spacial score (nSPS) is 32.5. The smallest absolute Gasteiger partial charge is 0.328 e. The molecule has 4 atom stereocenters. The van der Waals surface area contributed by atoms with E-state index in [2.05, 4.69) is 0 Å². The maximum Gasteiger partial charge on any atom is 0.328 e. The Kier molecular flexibility index (Phi) is 3.03. The van der Waals surface area contributed by atoms with E-state index < -0.39 is 56.7 Å². The first-order valence-corrected chi connectivity index (χ1v) is 8.83. The van der Waals surface area contributed by atoms with Crippen LogP contribution < -0.4 is 0 Å². The molecule has 0 unspecified atom stereocenters. The lowest BCUT2D eigenvalue weighted by Gasteiger charge is -2.45. The molecule has 9 heteroatoms. The summed E-state index contributed by atoms with van der Waals surface area (Å²) in [5, 5.41) is 8.43. The van der Waals surface area contributed by atoms with Crippen LogP contribution in [0.1, 0.15) is 34.6 Å². The predicted molar refractivity (Wildman–Crippen MR) is 85.0 cm³/mol. The first-order valence-electron chi connectivity index (χ1n) is 7.62. The van der Waals surface area contributed by atoms with Gasteiger partial charge in [0.2, 0.25) is 0 Å². The van der Waals surface area contributed by atoms with Crippen molar-refractivity contribution in [3.05, 3.63) is 35.4 Å². The molecule has 0 bridgehead atoms. The first kappa shape index (κ1) is 15.9. The minimum absolute atomic E-state index is 0.191. The van der Waals surface area contributed by atoms with Crippen LogP contribution in [-0.4, -0.2) is 65.0 Å². The highest BCUT2D eigenvalue weighted by Crippen LogP contribution is 2.46. The minimum Gasteiger partial charge on any atom is -0.480 e. The Morgan fingerprint density at radius 2 is 1.64 bits per heavy atom. The maximum atomic E-state index is 12.8. The van der Waals surface area contributed by atoms with E-state index in [4.69, 9.17) is 0 Å². The fraction of sp³-hybridized carbons (Fsp3) is 0.375. The zero-order valence-electron chi connectivity index (χ0n) is 13.3. The Labute approximate surface area is 144 Å². The molecule has 3 aliphatic rings. The number of nitrogens with zero attached hydrogens (tertiary/aromatic N) is 2. The van der Waals surface area contributed by atoms with Gasteiger partial charge >= 0.3 is 5.97 Å². The topological polar surface area (TPSA) is 112 Å². The van der Waals surface area contributed by atoms with E-state index >= 15 is 0 Å². The van der Waals surface area contributed by atoms with Crippen molar-refractivity contribution in [2.24, 2.45) is 0 Å². The second-order valence-electron chi connectivity index (χ2n) is 6.75. The summed E-state index contributed by atoms with van der Waals surface area (Å²) >= 11 is 0. The molecule has 0 aliphatic carbocycles. The number of hydrogen-bond donors (Lipinski definition) is 1. The molecule has 3 aliphatic heterocycles. The summed E-state index contributed by atoms with van der Waals surface area (Å²) in [7, 11) is -1.74. The average Bonchev–Trinajstić information content (AvgIpc) is 2.91. The van der Waals surface area contributed by atoms with Crippen molar-refractivity contribution in [2.75, 3.05) is 0 Å². The van der Waals surface area contributed by atoms with Gasteiger partial charge in [-0.3, -0.25) is 23.5 Å². The Balaban J connectivity index is 1.75. The largest absolute Gasteiger partial charge is 0.480 e. The molecular formula is C16H14N2O6S. The van der Waals surface area contributed by atoms with Crippen molar-refractivity contribution in [3.8, 4) is 0 Å². The van der Waals surface area contributed by atoms with Crippen LogP contribution >= 0.6 is 0 Å². The third-order valence-corrected chi connectivity index (χ3v) is 7.25. The fourth-order valence-electron chi connectivity index (χ4n) is 3.84. The van der Waals surface area contributed by atoms with E-state index in [1.54, 1.807) is 12.1 Å². The third-order valence-electron chi connectivity index (χ3n) is 5.06. The molecule has 4 rings (SSSR count). The summed E-state index contributed by atoms with van der Waals surface area (Å²) < 4.78 is 11.6. The fourth-order valence-corrected chi connectivity index (χ4v) is 5.80. The van der Waals surface area contributed by atoms with Gasteiger partial charge in [-0.2, -0.15) is 0 Å². The van der Waals surface area contributed by atoms with Crippen LogP contribution in [0.15, 0.2) is 24.3 Å². The molecule has 1 aromatic rings. The zero-order chi connectivity index (χ0) is 18.3. The van der Waals surface area contributed by atoms with Gasteiger partial charge in [0, 0.05) is 0 Å². The molecule has 130 valence electrons. The van der Waals surface area contributed by atoms with E-state index in [0.717, 1.165) is 9.80 Å². The number of carbonyl (C=O) groups is 4. The van der Waals surface area contributed by atoms with Crippen molar-refractivity contribution >= 4 is 34.5 Å². The van der Waals surface area contributed by atoms with Crippen molar-refractivity contribution in [1.29, 1.82) is 0 Å². The highest BCUT2D eigenvalue weighted by Gasteiger charge is 2.70. The van der Waals surface area contributed by atoms with Crippen molar-refractivity contribution in [2.45, 2.75) is 36.1 Å². The molecule has 2 fully saturated rings. The van der Waals surface area contributed by atoms with Gasteiger partial charge in [0.15, 0.2) is 6.04 Å². The van der Waals surface area contributed by atoms with Crippen LogP contribution in [0.4, 0.5) is 0 Å². The molecule has 1 N–H and O–H groups in total. The number of fused-ring (bicyclic) bond motifs is 2. The number of benzene rings is 1. The van der Waals surface area contributed by atoms with Crippen LogP contribution in [0.25, 0.3) is 0 Å². The highest BCUT2D eigenvalue weighted by atomic mass is 32.2. The summed E-state index contributed by atoms with van der Waals surface area (Å²) in [6.07, 6.45) is 0. The van der Waals surface area contributed by atoms with Gasteiger partial charge in [-0.05, 0) is 26.0 Å². The van der Waals surface area contributed by atoms with Crippen LogP contribution in [0.2, 0.25) is 0 Å². The van der Waals surface area contributed by atoms with Crippen LogP contribution in [0.3, 0.4) is 0 Å². The second kappa shape index (κ2) is 4.75. The third kappa shape index (κ3) is 1.73. The van der Waals surface area contributed by atoms with E-state index in [1.807, 2.05) is 0 Å². The number of aliphatic carboxylic acids is 1. The number of carbonyl (C=O) groups excluding carboxylic acids is 3. The summed E-state index contributed by atoms with van der Waals surface area (Å²) in [5.74, 6) is -3.15. The zero-order valence-corrected chi connectivity index (χ0v) is 14.1. The lowest BCUT2D eigenvalue weighted by Crippen LogP contribution is -2.72. The highest BCUT2D eigenvalue weighted by molar-refractivity contribution is 7.87. The number of hydrogen-bond acceptors (Lipinski definition) is 5. The predicted octanol–water partition coefficient (Wildman–Crippen LogP) is -0.186. The van der Waals surface area contributed by atoms with Crippen molar-refractivity contribution < 1.29 is 28.5 Å². The Bertz CT molecular complexity index is 859. The lowest BCUT2D eigenvalue weighted by molar-refractivity contribution is -0.162. The molecule has 0 saturated carbocycles. The van der Waals surface area contributed by atoms with Gasteiger partial charge < -0.3 is 10.0 Å². The number of carboxylic acids is 1. The van der Waals surface area contributed by atoms with Crippen molar-refractivity contribution in [3.63, 3.8) is 0 Å².